The minimum Gasteiger partial charge on any atom is -0.480 e. The highest BCUT2D eigenvalue weighted by molar-refractivity contribution is 7.99. The van der Waals surface area contributed by atoms with Gasteiger partial charge in [-0.25, -0.2) is 9.59 Å². The Morgan fingerprint density at radius 2 is 1.94 bits per heavy atom. The average Bonchev–Trinajstić information content (AvgIpc) is 2.31. The minimum absolute atomic E-state index is 0.0868. The summed E-state index contributed by atoms with van der Waals surface area (Å²) in [6.07, 6.45) is 2.67. The molecule has 3 unspecified atom stereocenters. The predicted molar refractivity (Wildman–Crippen MR) is 70.4 cm³/mol. The normalized spacial score (nSPS) is 15.8. The summed E-state index contributed by atoms with van der Waals surface area (Å²) < 4.78 is 0. The molecule has 3 N–H and O–H groups in total. The number of carboxylic acid groups (broad SMARTS) is 1. The molecule has 0 spiro atoms. The second-order valence-electron chi connectivity index (χ2n) is 4.10. The van der Waals surface area contributed by atoms with Crippen LogP contribution < -0.4 is 10.6 Å². The second kappa shape index (κ2) is 8.22. The summed E-state index contributed by atoms with van der Waals surface area (Å²) in [5.41, 5.74) is 0. The molecule has 0 saturated heterocycles. The molecule has 0 aliphatic heterocycles. The van der Waals surface area contributed by atoms with Crippen LogP contribution in [0.15, 0.2) is 0 Å². The van der Waals surface area contributed by atoms with Crippen LogP contribution in [0.1, 0.15) is 27.2 Å². The number of aliphatic carboxylic acids is 1. The molecule has 0 aromatic carbocycles. The first-order valence-electron chi connectivity index (χ1n) is 5.72. The molecule has 2 amide bonds. The molecule has 3 atom stereocenters. The molecule has 0 fully saturated rings. The highest BCUT2D eigenvalue weighted by Crippen LogP contribution is 2.08. The van der Waals surface area contributed by atoms with Crippen LogP contribution in [0.5, 0.6) is 0 Å². The Morgan fingerprint density at radius 1 is 1.35 bits per heavy atom. The van der Waals surface area contributed by atoms with Gasteiger partial charge in [0.05, 0.1) is 0 Å². The molecule has 100 valence electrons. The van der Waals surface area contributed by atoms with Crippen molar-refractivity contribution in [2.24, 2.45) is 5.92 Å². The second-order valence-corrected chi connectivity index (χ2v) is 5.38. The van der Waals surface area contributed by atoms with Crippen LogP contribution in [0.2, 0.25) is 0 Å². The first kappa shape index (κ1) is 16.1. The summed E-state index contributed by atoms with van der Waals surface area (Å²) in [4.78, 5) is 22.5. The van der Waals surface area contributed by atoms with Gasteiger partial charge in [0.25, 0.3) is 0 Å². The monoisotopic (exact) mass is 262 g/mol. The summed E-state index contributed by atoms with van der Waals surface area (Å²) >= 11 is 1.64. The van der Waals surface area contributed by atoms with Gasteiger partial charge in [-0.2, -0.15) is 11.8 Å². The van der Waals surface area contributed by atoms with Crippen molar-refractivity contribution in [3.05, 3.63) is 0 Å². The Labute approximate surface area is 107 Å². The summed E-state index contributed by atoms with van der Waals surface area (Å²) in [6.45, 7) is 6.23. The summed E-state index contributed by atoms with van der Waals surface area (Å²) in [7, 11) is 0. The number of hydrogen-bond donors (Lipinski definition) is 3. The lowest BCUT2D eigenvalue weighted by molar-refractivity contribution is -0.140. The molecular formula is C11H22N2O3S. The number of hydrogen-bond acceptors (Lipinski definition) is 3. The van der Waals surface area contributed by atoms with Gasteiger partial charge >= 0.3 is 12.0 Å². The van der Waals surface area contributed by atoms with Crippen molar-refractivity contribution in [1.29, 1.82) is 0 Å². The maximum atomic E-state index is 11.5. The third-order valence-corrected chi connectivity index (χ3v) is 3.69. The number of nitrogens with one attached hydrogen (secondary N) is 2. The van der Waals surface area contributed by atoms with E-state index in [9.17, 15) is 9.59 Å². The molecular weight excluding hydrogens is 240 g/mol. The van der Waals surface area contributed by atoms with Gasteiger partial charge in [0, 0.05) is 11.8 Å². The lowest BCUT2D eigenvalue weighted by Crippen LogP contribution is -2.49. The van der Waals surface area contributed by atoms with E-state index in [4.69, 9.17) is 5.11 Å². The Kier molecular flexibility index (Phi) is 7.78. The van der Waals surface area contributed by atoms with Gasteiger partial charge in [0.15, 0.2) is 0 Å². The van der Waals surface area contributed by atoms with E-state index in [0.29, 0.717) is 18.2 Å². The average molecular weight is 262 g/mol. The summed E-state index contributed by atoms with van der Waals surface area (Å²) in [5, 5.41) is 14.5. The van der Waals surface area contributed by atoms with Crippen LogP contribution in [-0.2, 0) is 4.79 Å². The van der Waals surface area contributed by atoms with E-state index in [0.717, 1.165) is 0 Å². The van der Waals surface area contributed by atoms with Crippen molar-refractivity contribution in [3.63, 3.8) is 0 Å². The number of rotatable bonds is 7. The maximum absolute atomic E-state index is 11.5. The van der Waals surface area contributed by atoms with E-state index in [1.807, 2.05) is 27.0 Å². The third-order valence-electron chi connectivity index (χ3n) is 2.72. The molecule has 0 bridgehead atoms. The minimum atomic E-state index is -0.993. The SMILES string of the molecule is CCC(C)C(NC(=O)NCC(C)SC)C(=O)O. The molecule has 0 rings (SSSR count). The first-order chi connectivity index (χ1) is 7.92. The largest absolute Gasteiger partial charge is 0.480 e. The molecule has 0 saturated carbocycles. The molecule has 6 heteroatoms. The van der Waals surface area contributed by atoms with E-state index < -0.39 is 18.0 Å². The molecule has 0 aliphatic rings. The predicted octanol–water partition coefficient (Wildman–Crippen LogP) is 1.54. The Balaban J connectivity index is 4.18. The van der Waals surface area contributed by atoms with Crippen LogP contribution in [0.3, 0.4) is 0 Å². The van der Waals surface area contributed by atoms with Gasteiger partial charge in [0.1, 0.15) is 6.04 Å². The summed E-state index contributed by atoms with van der Waals surface area (Å²) in [6, 6.07) is -1.25. The topological polar surface area (TPSA) is 78.4 Å². The molecule has 0 aromatic rings. The van der Waals surface area contributed by atoms with Gasteiger partial charge in [-0.05, 0) is 12.2 Å². The zero-order valence-electron chi connectivity index (χ0n) is 10.8. The van der Waals surface area contributed by atoms with Crippen LogP contribution in [0.4, 0.5) is 4.79 Å². The highest BCUT2D eigenvalue weighted by Gasteiger charge is 2.25. The van der Waals surface area contributed by atoms with Crippen molar-refractivity contribution < 1.29 is 14.7 Å². The highest BCUT2D eigenvalue weighted by atomic mass is 32.2. The number of amides is 2. The number of carbonyl (C=O) groups is 2. The van der Waals surface area contributed by atoms with Gasteiger partial charge < -0.3 is 15.7 Å². The molecule has 0 aliphatic carbocycles. The van der Waals surface area contributed by atoms with E-state index in [1.165, 1.54) is 0 Å². The van der Waals surface area contributed by atoms with Gasteiger partial charge in [0.2, 0.25) is 0 Å². The number of urea groups is 1. The lowest BCUT2D eigenvalue weighted by atomic mass is 9.99. The number of carbonyl (C=O) groups excluding carboxylic acids is 1. The van der Waals surface area contributed by atoms with Crippen molar-refractivity contribution in [1.82, 2.24) is 10.6 Å². The molecule has 0 radical (unpaired) electrons. The van der Waals surface area contributed by atoms with Crippen LogP contribution in [0, 0.1) is 5.92 Å². The zero-order valence-corrected chi connectivity index (χ0v) is 11.6. The fraction of sp³-hybridized carbons (Fsp3) is 0.818. The summed E-state index contributed by atoms with van der Waals surface area (Å²) in [5.74, 6) is -1.08. The van der Waals surface area contributed by atoms with Crippen LogP contribution in [-0.4, -0.2) is 41.2 Å². The molecule has 17 heavy (non-hydrogen) atoms. The number of thioether (sulfide) groups is 1. The van der Waals surface area contributed by atoms with Gasteiger partial charge in [-0.15, -0.1) is 0 Å². The van der Waals surface area contributed by atoms with E-state index in [1.54, 1.807) is 11.8 Å². The maximum Gasteiger partial charge on any atom is 0.326 e. The van der Waals surface area contributed by atoms with Crippen molar-refractivity contribution in [3.8, 4) is 0 Å². The van der Waals surface area contributed by atoms with E-state index in [2.05, 4.69) is 10.6 Å². The Morgan fingerprint density at radius 3 is 2.35 bits per heavy atom. The first-order valence-corrected chi connectivity index (χ1v) is 7.01. The fourth-order valence-corrected chi connectivity index (χ4v) is 1.45. The van der Waals surface area contributed by atoms with Crippen LogP contribution in [0.25, 0.3) is 0 Å². The standard InChI is InChI=1S/C11H22N2O3S/c1-5-7(2)9(10(14)15)13-11(16)12-6-8(3)17-4/h7-9H,5-6H2,1-4H3,(H,14,15)(H2,12,13,16). The molecule has 0 aromatic heterocycles. The van der Waals surface area contributed by atoms with Crippen molar-refractivity contribution in [2.75, 3.05) is 12.8 Å². The third kappa shape index (κ3) is 6.41. The molecule has 0 heterocycles. The van der Waals surface area contributed by atoms with Gasteiger partial charge in [-0.3, -0.25) is 0 Å². The number of carboxylic acids is 1. The van der Waals surface area contributed by atoms with E-state index >= 15 is 0 Å². The zero-order chi connectivity index (χ0) is 13.4. The lowest BCUT2D eigenvalue weighted by Gasteiger charge is -2.20. The smallest absolute Gasteiger partial charge is 0.326 e. The van der Waals surface area contributed by atoms with Gasteiger partial charge in [-0.1, -0.05) is 27.2 Å². The van der Waals surface area contributed by atoms with Crippen molar-refractivity contribution in [2.45, 2.75) is 38.5 Å². The van der Waals surface area contributed by atoms with E-state index in [-0.39, 0.29) is 5.92 Å². The van der Waals surface area contributed by atoms with Crippen LogP contribution >= 0.6 is 11.8 Å². The van der Waals surface area contributed by atoms with Crippen molar-refractivity contribution >= 4 is 23.8 Å². The fourth-order valence-electron chi connectivity index (χ4n) is 1.20. The molecule has 5 nitrogen and oxygen atoms in total. The Bertz CT molecular complexity index is 261. The quantitative estimate of drug-likeness (QED) is 0.650. The Hall–Kier alpha value is -0.910.